The summed E-state index contributed by atoms with van der Waals surface area (Å²) in [6, 6.07) is 0. The van der Waals surface area contributed by atoms with Crippen molar-refractivity contribution in [1.29, 1.82) is 0 Å². The van der Waals surface area contributed by atoms with Crippen molar-refractivity contribution in [2.24, 2.45) is 0 Å². The fraction of sp³-hybridized carbons (Fsp3) is 1.00. The minimum absolute atomic E-state index is 0.00186. The minimum atomic E-state index is 0.00186. The predicted molar refractivity (Wildman–Crippen MR) is 86.4 cm³/mol. The van der Waals surface area contributed by atoms with Gasteiger partial charge in [0.1, 0.15) is 0 Å². The molecule has 0 radical (unpaired) electrons. The molecule has 1 heterocycles. The first-order valence-corrected chi connectivity index (χ1v) is 8.23. The number of nitrogens with zero attached hydrogens (tertiary/aromatic N) is 2. The molecular formula is C16H35N3O. The Balaban J connectivity index is 1.90. The largest absolute Gasteiger partial charge is 0.376 e. The summed E-state index contributed by atoms with van der Waals surface area (Å²) >= 11 is 0. The molecule has 0 aromatic rings. The van der Waals surface area contributed by atoms with Crippen molar-refractivity contribution in [3.63, 3.8) is 0 Å². The summed E-state index contributed by atoms with van der Waals surface area (Å²) in [5.74, 6) is 0. The lowest BCUT2D eigenvalue weighted by atomic mass is 10.2. The first kappa shape index (κ1) is 17.9. The van der Waals surface area contributed by atoms with Crippen molar-refractivity contribution in [2.45, 2.75) is 45.6 Å². The maximum Gasteiger partial charge on any atom is 0.0598 e. The van der Waals surface area contributed by atoms with Gasteiger partial charge in [-0.3, -0.25) is 0 Å². The fourth-order valence-electron chi connectivity index (χ4n) is 2.48. The monoisotopic (exact) mass is 285 g/mol. The van der Waals surface area contributed by atoms with Gasteiger partial charge < -0.3 is 19.9 Å². The molecule has 4 nitrogen and oxygen atoms in total. The van der Waals surface area contributed by atoms with Gasteiger partial charge in [-0.2, -0.15) is 0 Å². The normalized spacial score (nSPS) is 17.9. The molecule has 0 atom stereocenters. The zero-order chi connectivity index (χ0) is 14.8. The van der Waals surface area contributed by atoms with Crippen LogP contribution in [-0.2, 0) is 4.74 Å². The van der Waals surface area contributed by atoms with Gasteiger partial charge in [-0.05, 0) is 60.2 Å². The molecule has 0 unspecified atom stereocenters. The van der Waals surface area contributed by atoms with Crippen molar-refractivity contribution in [1.82, 2.24) is 15.1 Å². The molecule has 0 amide bonds. The van der Waals surface area contributed by atoms with Crippen LogP contribution in [-0.4, -0.2) is 74.9 Å². The molecule has 0 aromatic heterocycles. The van der Waals surface area contributed by atoms with Gasteiger partial charge in [-0.25, -0.2) is 0 Å². The highest BCUT2D eigenvalue weighted by atomic mass is 16.5. The van der Waals surface area contributed by atoms with E-state index in [1.54, 1.807) is 0 Å². The molecule has 1 aliphatic rings. The molecule has 0 saturated carbocycles. The number of hydrogen-bond donors (Lipinski definition) is 1. The van der Waals surface area contributed by atoms with Crippen LogP contribution < -0.4 is 5.32 Å². The Morgan fingerprint density at radius 3 is 2.35 bits per heavy atom. The lowest BCUT2D eigenvalue weighted by Gasteiger charge is -2.27. The molecule has 4 heteroatoms. The van der Waals surface area contributed by atoms with Gasteiger partial charge >= 0.3 is 0 Å². The second kappa shape index (κ2) is 9.72. The van der Waals surface area contributed by atoms with Gasteiger partial charge in [-0.1, -0.05) is 0 Å². The van der Waals surface area contributed by atoms with Gasteiger partial charge in [0, 0.05) is 39.3 Å². The van der Waals surface area contributed by atoms with Gasteiger partial charge in [-0.15, -0.1) is 0 Å². The molecule has 1 fully saturated rings. The predicted octanol–water partition coefficient (Wildman–Crippen LogP) is 1.81. The number of hydrogen-bond acceptors (Lipinski definition) is 4. The van der Waals surface area contributed by atoms with Crippen LogP contribution in [0.2, 0.25) is 0 Å². The molecule has 1 saturated heterocycles. The van der Waals surface area contributed by atoms with Crippen molar-refractivity contribution < 1.29 is 4.74 Å². The highest BCUT2D eigenvalue weighted by Crippen LogP contribution is 2.07. The summed E-state index contributed by atoms with van der Waals surface area (Å²) in [4.78, 5) is 5.01. The zero-order valence-corrected chi connectivity index (χ0v) is 14.1. The van der Waals surface area contributed by atoms with Gasteiger partial charge in [0.05, 0.1) is 5.60 Å². The van der Waals surface area contributed by atoms with E-state index in [0.717, 1.165) is 32.7 Å². The quantitative estimate of drug-likeness (QED) is 0.654. The van der Waals surface area contributed by atoms with E-state index in [4.69, 9.17) is 4.74 Å². The van der Waals surface area contributed by atoms with Crippen LogP contribution in [0.3, 0.4) is 0 Å². The number of rotatable bonds is 9. The molecule has 0 spiro atoms. The van der Waals surface area contributed by atoms with Gasteiger partial charge in [0.25, 0.3) is 0 Å². The van der Waals surface area contributed by atoms with Crippen LogP contribution in [0.1, 0.15) is 40.0 Å². The summed E-state index contributed by atoms with van der Waals surface area (Å²) < 4.78 is 5.75. The van der Waals surface area contributed by atoms with E-state index in [2.05, 4.69) is 42.9 Å². The third-order valence-electron chi connectivity index (χ3n) is 3.69. The highest BCUT2D eigenvalue weighted by molar-refractivity contribution is 4.67. The average Bonchev–Trinajstić information content (AvgIpc) is 2.40. The fourth-order valence-corrected chi connectivity index (χ4v) is 2.48. The molecule has 0 aliphatic carbocycles. The maximum atomic E-state index is 5.75. The Labute approximate surface area is 125 Å². The summed E-state index contributed by atoms with van der Waals surface area (Å²) in [5, 5.41) is 3.40. The Morgan fingerprint density at radius 1 is 1.05 bits per heavy atom. The summed E-state index contributed by atoms with van der Waals surface area (Å²) in [6.07, 6.45) is 3.76. The highest BCUT2D eigenvalue weighted by Gasteiger charge is 2.10. The van der Waals surface area contributed by atoms with E-state index in [1.165, 1.54) is 39.0 Å². The smallest absolute Gasteiger partial charge is 0.0598 e. The van der Waals surface area contributed by atoms with Crippen molar-refractivity contribution >= 4 is 0 Å². The van der Waals surface area contributed by atoms with Crippen molar-refractivity contribution in [2.75, 3.05) is 59.5 Å². The Kier molecular flexibility index (Phi) is 8.69. The van der Waals surface area contributed by atoms with Crippen LogP contribution in [0.15, 0.2) is 0 Å². The molecular weight excluding hydrogens is 250 g/mol. The van der Waals surface area contributed by atoms with Crippen molar-refractivity contribution in [3.05, 3.63) is 0 Å². The third kappa shape index (κ3) is 9.70. The summed E-state index contributed by atoms with van der Waals surface area (Å²) in [7, 11) is 2.22. The van der Waals surface area contributed by atoms with E-state index in [9.17, 15) is 0 Å². The van der Waals surface area contributed by atoms with Crippen LogP contribution >= 0.6 is 0 Å². The molecule has 20 heavy (non-hydrogen) atoms. The first-order valence-electron chi connectivity index (χ1n) is 8.23. The second-order valence-corrected chi connectivity index (χ2v) is 6.92. The maximum absolute atomic E-state index is 5.75. The number of nitrogens with one attached hydrogen (secondary N) is 1. The standard InChI is InChI=1S/C16H35N3O/c1-16(2,3)20-15-7-11-18(4)10-5-6-12-19-13-8-17-9-14-19/h17H,5-15H2,1-4H3. The Morgan fingerprint density at radius 2 is 1.70 bits per heavy atom. The molecule has 120 valence electrons. The van der Waals surface area contributed by atoms with E-state index < -0.39 is 0 Å². The summed E-state index contributed by atoms with van der Waals surface area (Å²) in [6.45, 7) is 15.6. The minimum Gasteiger partial charge on any atom is -0.376 e. The molecule has 1 N–H and O–H groups in total. The van der Waals surface area contributed by atoms with Crippen LogP contribution in [0.25, 0.3) is 0 Å². The summed E-state index contributed by atoms with van der Waals surface area (Å²) in [5.41, 5.74) is 0.00186. The van der Waals surface area contributed by atoms with Crippen LogP contribution in [0.5, 0.6) is 0 Å². The molecule has 0 bridgehead atoms. The Hall–Kier alpha value is -0.160. The van der Waals surface area contributed by atoms with Gasteiger partial charge in [0.15, 0.2) is 0 Å². The Bertz CT molecular complexity index is 234. The third-order valence-corrected chi connectivity index (χ3v) is 3.69. The number of piperazine rings is 1. The average molecular weight is 285 g/mol. The number of ether oxygens (including phenoxy) is 1. The van der Waals surface area contributed by atoms with E-state index >= 15 is 0 Å². The van der Waals surface area contributed by atoms with Crippen LogP contribution in [0, 0.1) is 0 Å². The molecule has 0 aromatic carbocycles. The lowest BCUT2D eigenvalue weighted by molar-refractivity contribution is -0.00631. The molecule has 1 aliphatic heterocycles. The lowest BCUT2D eigenvalue weighted by Crippen LogP contribution is -2.43. The topological polar surface area (TPSA) is 27.7 Å². The first-order chi connectivity index (χ1) is 9.47. The van der Waals surface area contributed by atoms with E-state index in [1.807, 2.05) is 0 Å². The SMILES string of the molecule is CN(CCCCN1CCNCC1)CCCOC(C)(C)C. The number of unbranched alkanes of at least 4 members (excludes halogenated alkanes) is 1. The molecule has 1 rings (SSSR count). The van der Waals surface area contributed by atoms with E-state index in [-0.39, 0.29) is 5.60 Å². The van der Waals surface area contributed by atoms with E-state index in [0.29, 0.717) is 0 Å². The van der Waals surface area contributed by atoms with Crippen LogP contribution in [0.4, 0.5) is 0 Å². The second-order valence-electron chi connectivity index (χ2n) is 6.92. The zero-order valence-electron chi connectivity index (χ0n) is 14.1. The van der Waals surface area contributed by atoms with Crippen molar-refractivity contribution in [3.8, 4) is 0 Å². The van der Waals surface area contributed by atoms with Gasteiger partial charge in [0.2, 0.25) is 0 Å².